The van der Waals surface area contributed by atoms with Gasteiger partial charge in [0.05, 0.1) is 17.1 Å². The second kappa shape index (κ2) is 8.89. The number of hydrogen-bond acceptors (Lipinski definition) is 6. The lowest BCUT2D eigenvalue weighted by Crippen LogP contribution is -2.56. The lowest BCUT2D eigenvalue weighted by Gasteiger charge is -2.49. The van der Waals surface area contributed by atoms with Gasteiger partial charge < -0.3 is 10.2 Å². The fraction of sp³-hybridized carbons (Fsp3) is 0.667. The number of anilines is 1. The molecule has 4 fully saturated rings. The Kier molecular flexibility index (Phi) is 5.84. The van der Waals surface area contributed by atoms with Crippen LogP contribution in [-0.4, -0.2) is 71.8 Å². The summed E-state index contributed by atoms with van der Waals surface area (Å²) in [5.74, 6) is 0.0747. The summed E-state index contributed by atoms with van der Waals surface area (Å²) in [7, 11) is 1.94. The highest BCUT2D eigenvalue weighted by Crippen LogP contribution is 2.42. The van der Waals surface area contributed by atoms with Crippen molar-refractivity contribution in [3.63, 3.8) is 0 Å². The summed E-state index contributed by atoms with van der Waals surface area (Å²) >= 11 is 0. The molecule has 2 aromatic rings. The minimum absolute atomic E-state index is 0.190. The Morgan fingerprint density at radius 2 is 1.91 bits per heavy atom. The molecule has 1 spiro atoms. The second-order valence-electron chi connectivity index (χ2n) is 11.6. The molecule has 3 aliphatic heterocycles. The van der Waals surface area contributed by atoms with E-state index in [1.807, 2.05) is 11.7 Å². The van der Waals surface area contributed by atoms with Crippen LogP contribution in [0.15, 0.2) is 18.2 Å². The van der Waals surface area contributed by atoms with Crippen molar-refractivity contribution in [1.29, 1.82) is 0 Å². The summed E-state index contributed by atoms with van der Waals surface area (Å²) in [4.78, 5) is 29.2. The Balaban J connectivity index is 1.11. The van der Waals surface area contributed by atoms with E-state index in [4.69, 9.17) is 5.10 Å². The van der Waals surface area contributed by atoms with Crippen molar-refractivity contribution in [1.82, 2.24) is 25.3 Å². The number of rotatable bonds is 4. The number of nitrogens with one attached hydrogen (secondary N) is 2. The normalized spacial score (nSPS) is 27.9. The first-order valence-electron chi connectivity index (χ1n) is 13.4. The molecule has 1 aliphatic carbocycles. The summed E-state index contributed by atoms with van der Waals surface area (Å²) in [5, 5.41) is 11.7. The van der Waals surface area contributed by atoms with Gasteiger partial charge in [-0.05, 0) is 68.6 Å². The molecule has 188 valence electrons. The largest absolute Gasteiger partial charge is 0.369 e. The van der Waals surface area contributed by atoms with Gasteiger partial charge >= 0.3 is 0 Å². The van der Waals surface area contributed by atoms with Crippen LogP contribution in [0.5, 0.6) is 0 Å². The van der Waals surface area contributed by atoms with Crippen LogP contribution in [0.4, 0.5) is 5.69 Å². The first-order chi connectivity index (χ1) is 16.9. The van der Waals surface area contributed by atoms with Gasteiger partial charge in [-0.3, -0.25) is 24.5 Å². The van der Waals surface area contributed by atoms with E-state index in [1.165, 1.54) is 51.0 Å². The van der Waals surface area contributed by atoms with Gasteiger partial charge in [0.2, 0.25) is 11.8 Å². The van der Waals surface area contributed by atoms with Crippen molar-refractivity contribution in [3.8, 4) is 0 Å². The highest BCUT2D eigenvalue weighted by Gasteiger charge is 2.40. The van der Waals surface area contributed by atoms with E-state index in [1.54, 1.807) is 0 Å². The SMILES string of the molecule is C[C@H]1CN(c2ccc3c(C4CCC(=O)NC4=O)nn(C)c3c2)CCN1CC1CCC2(CC1)CNC2. The van der Waals surface area contributed by atoms with Crippen LogP contribution in [0.1, 0.15) is 57.1 Å². The van der Waals surface area contributed by atoms with E-state index in [9.17, 15) is 9.59 Å². The summed E-state index contributed by atoms with van der Waals surface area (Å²) in [6.07, 6.45) is 6.49. The molecule has 4 heterocycles. The van der Waals surface area contributed by atoms with E-state index in [0.29, 0.717) is 24.3 Å². The molecule has 1 saturated carbocycles. The van der Waals surface area contributed by atoms with Gasteiger partial charge in [0.15, 0.2) is 0 Å². The molecular formula is C27H38N6O2. The van der Waals surface area contributed by atoms with Crippen LogP contribution in [0.2, 0.25) is 0 Å². The van der Waals surface area contributed by atoms with Gasteiger partial charge in [-0.1, -0.05) is 0 Å². The molecular weight excluding hydrogens is 440 g/mol. The van der Waals surface area contributed by atoms with E-state index in [2.05, 4.69) is 45.6 Å². The first-order valence-corrected chi connectivity index (χ1v) is 13.4. The Hall–Kier alpha value is -2.45. The van der Waals surface area contributed by atoms with Crippen LogP contribution in [0, 0.1) is 11.3 Å². The van der Waals surface area contributed by atoms with Gasteiger partial charge in [0.25, 0.3) is 0 Å². The lowest BCUT2D eigenvalue weighted by molar-refractivity contribution is -0.134. The molecule has 8 heteroatoms. The third-order valence-corrected chi connectivity index (χ3v) is 9.22. The zero-order valence-electron chi connectivity index (χ0n) is 21.1. The van der Waals surface area contributed by atoms with Gasteiger partial charge in [0.1, 0.15) is 0 Å². The summed E-state index contributed by atoms with van der Waals surface area (Å²) in [5.41, 5.74) is 3.69. The number of amides is 2. The number of hydrogen-bond donors (Lipinski definition) is 2. The predicted molar refractivity (Wildman–Crippen MR) is 136 cm³/mol. The molecule has 0 radical (unpaired) electrons. The molecule has 1 aromatic heterocycles. The second-order valence-corrected chi connectivity index (χ2v) is 11.6. The number of piperazine rings is 1. The average Bonchev–Trinajstić information content (AvgIpc) is 3.15. The van der Waals surface area contributed by atoms with E-state index >= 15 is 0 Å². The van der Waals surface area contributed by atoms with Gasteiger partial charge in [-0.2, -0.15) is 5.10 Å². The van der Waals surface area contributed by atoms with Crippen molar-refractivity contribution >= 4 is 28.4 Å². The Morgan fingerprint density at radius 1 is 1.11 bits per heavy atom. The van der Waals surface area contributed by atoms with E-state index in [-0.39, 0.29) is 17.7 Å². The summed E-state index contributed by atoms with van der Waals surface area (Å²) in [6.45, 7) is 9.27. The molecule has 1 unspecified atom stereocenters. The highest BCUT2D eigenvalue weighted by atomic mass is 16.2. The number of piperidine rings is 1. The Labute approximate surface area is 207 Å². The van der Waals surface area contributed by atoms with E-state index < -0.39 is 0 Å². The number of carbonyl (C=O) groups excluding carboxylic acids is 2. The zero-order chi connectivity index (χ0) is 24.2. The van der Waals surface area contributed by atoms with Crippen molar-refractivity contribution < 1.29 is 9.59 Å². The minimum atomic E-state index is -0.360. The van der Waals surface area contributed by atoms with Crippen molar-refractivity contribution in [2.45, 2.75) is 57.4 Å². The molecule has 8 nitrogen and oxygen atoms in total. The van der Waals surface area contributed by atoms with E-state index in [0.717, 1.165) is 42.1 Å². The molecule has 2 N–H and O–H groups in total. The topological polar surface area (TPSA) is 82.5 Å². The first kappa shape index (κ1) is 23.0. The molecule has 35 heavy (non-hydrogen) atoms. The van der Waals surface area contributed by atoms with Crippen molar-refractivity contribution in [3.05, 3.63) is 23.9 Å². The molecule has 6 rings (SSSR count). The van der Waals surface area contributed by atoms with Crippen LogP contribution in [-0.2, 0) is 16.6 Å². The number of benzene rings is 1. The van der Waals surface area contributed by atoms with Crippen LogP contribution in [0.3, 0.4) is 0 Å². The lowest BCUT2D eigenvalue weighted by atomic mass is 9.67. The summed E-state index contributed by atoms with van der Waals surface area (Å²) in [6, 6.07) is 7.04. The average molecular weight is 479 g/mol. The molecule has 1 aromatic carbocycles. The Bertz CT molecular complexity index is 1130. The van der Waals surface area contributed by atoms with Crippen LogP contribution < -0.4 is 15.5 Å². The molecule has 2 atom stereocenters. The quantitative estimate of drug-likeness (QED) is 0.657. The zero-order valence-corrected chi connectivity index (χ0v) is 21.1. The molecule has 2 amide bonds. The van der Waals surface area contributed by atoms with Gasteiger partial charge in [0, 0.05) is 69.9 Å². The van der Waals surface area contributed by atoms with Crippen LogP contribution in [0.25, 0.3) is 10.9 Å². The minimum Gasteiger partial charge on any atom is -0.369 e. The summed E-state index contributed by atoms with van der Waals surface area (Å²) < 4.78 is 1.88. The fourth-order valence-electron chi connectivity index (χ4n) is 6.82. The monoisotopic (exact) mass is 478 g/mol. The number of carbonyl (C=O) groups is 2. The maximum Gasteiger partial charge on any atom is 0.235 e. The molecule has 0 bridgehead atoms. The Morgan fingerprint density at radius 3 is 2.60 bits per heavy atom. The third kappa shape index (κ3) is 4.25. The standard InChI is InChI=1S/C27H38N6O2/c1-18-14-33(12-11-32(18)15-19-7-9-27(10-8-19)16-28-17-27)20-3-4-21-23(13-20)31(2)30-25(21)22-5-6-24(34)29-26(22)35/h3-4,13,18-19,22,28H,5-12,14-17H2,1-2H3,(H,29,34,35)/t18-,22?/m0/s1. The van der Waals surface area contributed by atoms with Gasteiger partial charge in [-0.25, -0.2) is 0 Å². The maximum absolute atomic E-state index is 12.4. The number of nitrogens with zero attached hydrogens (tertiary/aromatic N) is 4. The number of imide groups is 1. The van der Waals surface area contributed by atoms with Gasteiger partial charge in [-0.15, -0.1) is 0 Å². The number of aryl methyl sites for hydroxylation is 1. The van der Waals surface area contributed by atoms with Crippen molar-refractivity contribution in [2.24, 2.45) is 18.4 Å². The smallest absolute Gasteiger partial charge is 0.235 e. The fourth-order valence-corrected chi connectivity index (χ4v) is 6.82. The number of fused-ring (bicyclic) bond motifs is 1. The highest BCUT2D eigenvalue weighted by molar-refractivity contribution is 6.02. The molecule has 3 saturated heterocycles. The molecule has 4 aliphatic rings. The predicted octanol–water partition coefficient (Wildman–Crippen LogP) is 2.38. The van der Waals surface area contributed by atoms with Crippen molar-refractivity contribution in [2.75, 3.05) is 44.2 Å². The number of aromatic nitrogens is 2. The third-order valence-electron chi connectivity index (χ3n) is 9.22. The maximum atomic E-state index is 12.4. The van der Waals surface area contributed by atoms with Crippen LogP contribution >= 0.6 is 0 Å².